The number of piperidine rings is 1. The van der Waals surface area contributed by atoms with Crippen LogP contribution in [0.1, 0.15) is 30.0 Å². The van der Waals surface area contributed by atoms with Gasteiger partial charge in [0.2, 0.25) is 11.8 Å². The Kier molecular flexibility index (Phi) is 7.04. The number of hydrogen-bond acceptors (Lipinski definition) is 5. The number of benzene rings is 2. The highest BCUT2D eigenvalue weighted by molar-refractivity contribution is 5.94. The zero-order valence-electron chi connectivity index (χ0n) is 19.7. The van der Waals surface area contributed by atoms with Crippen LogP contribution in [0.4, 0.5) is 11.5 Å². The molecule has 0 spiro atoms. The van der Waals surface area contributed by atoms with Crippen molar-refractivity contribution in [3.63, 3.8) is 0 Å². The van der Waals surface area contributed by atoms with Gasteiger partial charge in [-0.25, -0.2) is 4.98 Å². The highest BCUT2D eigenvalue weighted by Gasteiger charge is 2.40. The van der Waals surface area contributed by atoms with Crippen molar-refractivity contribution >= 4 is 23.3 Å². The minimum absolute atomic E-state index is 0.0725. The van der Waals surface area contributed by atoms with E-state index in [2.05, 4.69) is 15.2 Å². The van der Waals surface area contributed by atoms with Crippen molar-refractivity contribution in [3.05, 3.63) is 90.1 Å². The van der Waals surface area contributed by atoms with Gasteiger partial charge in [0.15, 0.2) is 0 Å². The number of ether oxygens (including phenoxy) is 1. The first-order valence-corrected chi connectivity index (χ1v) is 12.2. The summed E-state index contributed by atoms with van der Waals surface area (Å²) in [4.78, 5) is 35.2. The molecule has 2 saturated heterocycles. The van der Waals surface area contributed by atoms with Gasteiger partial charge in [-0.1, -0.05) is 60.7 Å². The number of nitrogens with zero attached hydrogens (tertiary/aromatic N) is 3. The molecule has 0 saturated carbocycles. The second-order valence-electron chi connectivity index (χ2n) is 9.00. The number of morpholine rings is 1. The molecule has 3 aromatic rings. The number of carbonyl (C=O) groups excluding carboxylic acids is 2. The summed E-state index contributed by atoms with van der Waals surface area (Å²) in [5.41, 5.74) is 2.67. The van der Waals surface area contributed by atoms with Crippen molar-refractivity contribution in [2.45, 2.75) is 25.4 Å². The molecule has 2 amide bonds. The maximum absolute atomic E-state index is 13.5. The second kappa shape index (κ2) is 10.7. The lowest BCUT2D eigenvalue weighted by Gasteiger charge is -2.41. The smallest absolute Gasteiger partial charge is 0.229 e. The Labute approximate surface area is 205 Å². The molecule has 2 atom stereocenters. The van der Waals surface area contributed by atoms with Gasteiger partial charge in [0.25, 0.3) is 0 Å². The van der Waals surface area contributed by atoms with Crippen molar-refractivity contribution in [1.82, 2.24) is 9.88 Å². The lowest BCUT2D eigenvalue weighted by Crippen LogP contribution is -2.46. The van der Waals surface area contributed by atoms with Crippen LogP contribution < -0.4 is 10.2 Å². The van der Waals surface area contributed by atoms with Crippen LogP contribution in [0.3, 0.4) is 0 Å². The molecular formula is C28H30N4O3. The molecular weight excluding hydrogens is 440 g/mol. The first kappa shape index (κ1) is 23.1. The molecule has 2 fully saturated rings. The fourth-order valence-corrected chi connectivity index (χ4v) is 4.93. The van der Waals surface area contributed by atoms with Gasteiger partial charge < -0.3 is 19.9 Å². The molecule has 3 heterocycles. The van der Waals surface area contributed by atoms with E-state index in [4.69, 9.17) is 4.74 Å². The molecule has 180 valence electrons. The van der Waals surface area contributed by atoms with Gasteiger partial charge in [-0.3, -0.25) is 9.59 Å². The SMILES string of the molecule is O=C(Nc1ccc(N2CCOCC2)nc1)C1CCC(=O)N(Cc2ccccc2)C1c1ccccc1. The monoisotopic (exact) mass is 470 g/mol. The quantitative estimate of drug-likeness (QED) is 0.589. The standard InChI is InChI=1S/C28H30N4O3/c33-26-14-12-24(28(34)30-23-11-13-25(29-19-23)31-15-17-35-18-16-31)27(22-9-5-2-6-10-22)32(26)20-21-7-3-1-4-8-21/h1-11,13,19,24,27H,12,14-18,20H2,(H,30,34). The highest BCUT2D eigenvalue weighted by atomic mass is 16.5. The normalized spacial score (nSPS) is 20.5. The first-order valence-electron chi connectivity index (χ1n) is 12.2. The van der Waals surface area contributed by atoms with Gasteiger partial charge in [0, 0.05) is 26.1 Å². The number of pyridine rings is 1. The number of anilines is 2. The third-order valence-electron chi connectivity index (χ3n) is 6.73. The van der Waals surface area contributed by atoms with Crippen LogP contribution >= 0.6 is 0 Å². The third-order valence-corrected chi connectivity index (χ3v) is 6.73. The van der Waals surface area contributed by atoms with E-state index in [1.807, 2.05) is 77.7 Å². The van der Waals surface area contributed by atoms with E-state index in [0.717, 1.165) is 30.0 Å². The maximum atomic E-state index is 13.5. The van der Waals surface area contributed by atoms with Crippen LogP contribution in [-0.2, 0) is 20.9 Å². The third kappa shape index (κ3) is 5.35. The zero-order valence-corrected chi connectivity index (χ0v) is 19.7. The number of aromatic nitrogens is 1. The second-order valence-corrected chi connectivity index (χ2v) is 9.00. The van der Waals surface area contributed by atoms with Crippen LogP contribution in [-0.4, -0.2) is 48.0 Å². The van der Waals surface area contributed by atoms with E-state index in [0.29, 0.717) is 38.3 Å². The van der Waals surface area contributed by atoms with Crippen LogP contribution in [0.25, 0.3) is 0 Å². The maximum Gasteiger partial charge on any atom is 0.229 e. The Morgan fingerprint density at radius 3 is 2.37 bits per heavy atom. The van der Waals surface area contributed by atoms with Gasteiger partial charge in [-0.15, -0.1) is 0 Å². The lowest BCUT2D eigenvalue weighted by molar-refractivity contribution is -0.142. The Hall–Kier alpha value is -3.71. The van der Waals surface area contributed by atoms with Crippen LogP contribution in [0.2, 0.25) is 0 Å². The molecule has 2 aliphatic heterocycles. The summed E-state index contributed by atoms with van der Waals surface area (Å²) in [6.45, 7) is 3.48. The van der Waals surface area contributed by atoms with Gasteiger partial charge >= 0.3 is 0 Å². The summed E-state index contributed by atoms with van der Waals surface area (Å²) in [6, 6.07) is 23.3. The van der Waals surface area contributed by atoms with E-state index >= 15 is 0 Å². The van der Waals surface area contributed by atoms with Gasteiger partial charge in [-0.2, -0.15) is 0 Å². The summed E-state index contributed by atoms with van der Waals surface area (Å²) in [6.07, 6.45) is 2.56. The number of amides is 2. The minimum atomic E-state index is -0.363. The Balaban J connectivity index is 1.36. The predicted molar refractivity (Wildman–Crippen MR) is 135 cm³/mol. The van der Waals surface area contributed by atoms with Crippen molar-refractivity contribution in [1.29, 1.82) is 0 Å². The fraction of sp³-hybridized carbons (Fsp3) is 0.321. The van der Waals surface area contributed by atoms with E-state index in [1.165, 1.54) is 0 Å². The molecule has 7 nitrogen and oxygen atoms in total. The van der Waals surface area contributed by atoms with Crippen LogP contribution in [0.5, 0.6) is 0 Å². The Morgan fingerprint density at radius 1 is 0.971 bits per heavy atom. The summed E-state index contributed by atoms with van der Waals surface area (Å²) >= 11 is 0. The molecule has 7 heteroatoms. The lowest BCUT2D eigenvalue weighted by atomic mass is 9.83. The molecule has 0 aliphatic carbocycles. The molecule has 35 heavy (non-hydrogen) atoms. The summed E-state index contributed by atoms with van der Waals surface area (Å²) in [7, 11) is 0. The average molecular weight is 471 g/mol. The Morgan fingerprint density at radius 2 is 1.69 bits per heavy atom. The Bertz CT molecular complexity index is 1130. The highest BCUT2D eigenvalue weighted by Crippen LogP contribution is 2.38. The summed E-state index contributed by atoms with van der Waals surface area (Å²) in [5.74, 6) is 0.497. The van der Waals surface area contributed by atoms with E-state index in [9.17, 15) is 9.59 Å². The minimum Gasteiger partial charge on any atom is -0.378 e. The van der Waals surface area contributed by atoms with Gasteiger partial charge in [0.1, 0.15) is 5.82 Å². The van der Waals surface area contributed by atoms with Crippen molar-refractivity contribution in [3.8, 4) is 0 Å². The topological polar surface area (TPSA) is 74.8 Å². The van der Waals surface area contributed by atoms with Crippen molar-refractivity contribution in [2.75, 3.05) is 36.5 Å². The van der Waals surface area contributed by atoms with E-state index in [-0.39, 0.29) is 23.8 Å². The van der Waals surface area contributed by atoms with Crippen molar-refractivity contribution < 1.29 is 14.3 Å². The molecule has 2 aromatic carbocycles. The van der Waals surface area contributed by atoms with Gasteiger partial charge in [-0.05, 0) is 29.7 Å². The molecule has 5 rings (SSSR count). The van der Waals surface area contributed by atoms with Crippen LogP contribution in [0.15, 0.2) is 79.0 Å². The molecule has 1 N–H and O–H groups in total. The number of hydrogen-bond donors (Lipinski definition) is 1. The average Bonchev–Trinajstić information content (AvgIpc) is 2.91. The molecule has 2 unspecified atom stereocenters. The fourth-order valence-electron chi connectivity index (χ4n) is 4.93. The van der Waals surface area contributed by atoms with E-state index < -0.39 is 0 Å². The largest absolute Gasteiger partial charge is 0.378 e. The number of nitrogens with one attached hydrogen (secondary N) is 1. The molecule has 1 aromatic heterocycles. The van der Waals surface area contributed by atoms with E-state index in [1.54, 1.807) is 6.20 Å². The number of carbonyl (C=O) groups is 2. The molecule has 0 radical (unpaired) electrons. The number of rotatable bonds is 6. The molecule has 0 bridgehead atoms. The van der Waals surface area contributed by atoms with Crippen LogP contribution in [0, 0.1) is 5.92 Å². The number of likely N-dealkylation sites (tertiary alicyclic amines) is 1. The molecule has 2 aliphatic rings. The summed E-state index contributed by atoms with van der Waals surface area (Å²) < 4.78 is 5.41. The summed E-state index contributed by atoms with van der Waals surface area (Å²) in [5, 5.41) is 3.06. The van der Waals surface area contributed by atoms with Gasteiger partial charge in [0.05, 0.1) is 37.1 Å². The predicted octanol–water partition coefficient (Wildman–Crippen LogP) is 4.04. The van der Waals surface area contributed by atoms with Crippen molar-refractivity contribution in [2.24, 2.45) is 5.92 Å². The first-order chi connectivity index (χ1) is 17.2. The zero-order chi connectivity index (χ0) is 24.0.